The van der Waals surface area contributed by atoms with Crippen molar-refractivity contribution in [2.45, 2.75) is 26.7 Å². The summed E-state index contributed by atoms with van der Waals surface area (Å²) in [6, 6.07) is 9.51. The first-order valence-corrected chi connectivity index (χ1v) is 6.05. The normalized spacial score (nSPS) is 10.4. The van der Waals surface area contributed by atoms with Crippen molar-refractivity contribution in [3.05, 3.63) is 53.9 Å². The van der Waals surface area contributed by atoms with Crippen LogP contribution in [0.25, 0.3) is 0 Å². The van der Waals surface area contributed by atoms with Crippen LogP contribution in [-0.2, 0) is 19.8 Å². The second-order valence-corrected chi connectivity index (χ2v) is 4.36. The summed E-state index contributed by atoms with van der Waals surface area (Å²) >= 11 is 0. The van der Waals surface area contributed by atoms with Crippen LogP contribution in [0.4, 0.5) is 0 Å². The zero-order valence-corrected chi connectivity index (χ0v) is 10.9. The van der Waals surface area contributed by atoms with Crippen LogP contribution in [0.5, 0.6) is 5.75 Å². The summed E-state index contributed by atoms with van der Waals surface area (Å²) in [6.07, 6.45) is 0. The van der Waals surface area contributed by atoms with Crippen molar-refractivity contribution >= 4 is 0 Å². The number of nitrogens with zero attached hydrogens (tertiary/aromatic N) is 3. The van der Waals surface area contributed by atoms with Gasteiger partial charge in [0.15, 0.2) is 0 Å². The lowest BCUT2D eigenvalue weighted by molar-refractivity contribution is 0.262. The number of allylic oxidation sites excluding steroid dienone is 1. The molecule has 0 atom stereocenters. The molecule has 0 aliphatic rings. The summed E-state index contributed by atoms with van der Waals surface area (Å²) < 4.78 is 7.38. The van der Waals surface area contributed by atoms with E-state index in [2.05, 4.69) is 16.9 Å². The Kier molecular flexibility index (Phi) is 4.30. The molecule has 0 saturated carbocycles. The average Bonchev–Trinajstić information content (AvgIpc) is 2.79. The molecule has 2 rings (SSSR count). The second kappa shape index (κ2) is 6.15. The monoisotopic (exact) mass is 259 g/mol. The van der Waals surface area contributed by atoms with Crippen LogP contribution in [0.3, 0.4) is 0 Å². The summed E-state index contributed by atoms with van der Waals surface area (Å²) in [5, 5.41) is 17.2. The van der Waals surface area contributed by atoms with Crippen molar-refractivity contribution in [2.24, 2.45) is 0 Å². The quantitative estimate of drug-likeness (QED) is 0.805. The summed E-state index contributed by atoms with van der Waals surface area (Å²) in [7, 11) is 0. The van der Waals surface area contributed by atoms with E-state index in [9.17, 15) is 5.11 Å². The largest absolute Gasteiger partial charge is 0.487 e. The Balaban J connectivity index is 2.13. The predicted octanol–water partition coefficient (Wildman–Crippen LogP) is 1.93. The van der Waals surface area contributed by atoms with Crippen LogP contribution >= 0.6 is 0 Å². The highest BCUT2D eigenvalue weighted by molar-refractivity contribution is 5.21. The fourth-order valence-electron chi connectivity index (χ4n) is 1.70. The SMILES string of the molecule is C=C(C)Cn1nnc(CO)c1COc1ccccc1. The Hall–Kier alpha value is -2.14. The first kappa shape index (κ1) is 13.3. The van der Waals surface area contributed by atoms with Crippen molar-refractivity contribution in [1.82, 2.24) is 15.0 Å². The van der Waals surface area contributed by atoms with Gasteiger partial charge in [0, 0.05) is 0 Å². The van der Waals surface area contributed by atoms with Gasteiger partial charge in [-0.2, -0.15) is 0 Å². The van der Waals surface area contributed by atoms with E-state index in [1.165, 1.54) is 0 Å². The third-order valence-electron chi connectivity index (χ3n) is 2.61. The molecule has 0 bridgehead atoms. The van der Waals surface area contributed by atoms with Crippen LogP contribution in [0.2, 0.25) is 0 Å². The molecular formula is C14H17N3O2. The average molecular weight is 259 g/mol. The molecule has 0 radical (unpaired) electrons. The number of rotatable bonds is 6. The highest BCUT2D eigenvalue weighted by Crippen LogP contribution is 2.14. The van der Waals surface area contributed by atoms with Gasteiger partial charge in [-0.3, -0.25) is 0 Å². The lowest BCUT2D eigenvalue weighted by atomic mass is 10.3. The van der Waals surface area contributed by atoms with Crippen molar-refractivity contribution in [2.75, 3.05) is 0 Å². The summed E-state index contributed by atoms with van der Waals surface area (Å²) in [5.41, 5.74) is 2.28. The Labute approximate surface area is 112 Å². The van der Waals surface area contributed by atoms with E-state index in [-0.39, 0.29) is 6.61 Å². The number of aliphatic hydroxyl groups is 1. The molecule has 1 heterocycles. The maximum absolute atomic E-state index is 9.27. The van der Waals surface area contributed by atoms with Crippen molar-refractivity contribution < 1.29 is 9.84 Å². The van der Waals surface area contributed by atoms with Gasteiger partial charge in [-0.25, -0.2) is 4.68 Å². The molecule has 1 aromatic heterocycles. The van der Waals surface area contributed by atoms with Crippen molar-refractivity contribution in [3.8, 4) is 5.75 Å². The van der Waals surface area contributed by atoms with Gasteiger partial charge < -0.3 is 9.84 Å². The Morgan fingerprint density at radius 2 is 2.11 bits per heavy atom. The van der Waals surface area contributed by atoms with Gasteiger partial charge in [-0.1, -0.05) is 35.6 Å². The molecule has 0 amide bonds. The molecule has 19 heavy (non-hydrogen) atoms. The van der Waals surface area contributed by atoms with Gasteiger partial charge in [-0.15, -0.1) is 5.10 Å². The van der Waals surface area contributed by atoms with Crippen LogP contribution in [0, 0.1) is 0 Å². The number of hydrogen-bond acceptors (Lipinski definition) is 4. The predicted molar refractivity (Wildman–Crippen MR) is 71.5 cm³/mol. The maximum Gasteiger partial charge on any atom is 0.132 e. The fourth-order valence-corrected chi connectivity index (χ4v) is 1.70. The minimum absolute atomic E-state index is 0.149. The van der Waals surface area contributed by atoms with Gasteiger partial charge in [-0.05, 0) is 19.1 Å². The van der Waals surface area contributed by atoms with Gasteiger partial charge >= 0.3 is 0 Å². The second-order valence-electron chi connectivity index (χ2n) is 4.36. The third kappa shape index (κ3) is 3.42. The highest BCUT2D eigenvalue weighted by Gasteiger charge is 2.12. The summed E-state index contributed by atoms with van der Waals surface area (Å²) in [5.74, 6) is 0.773. The molecule has 5 heteroatoms. The number of ether oxygens (including phenoxy) is 1. The molecule has 0 saturated heterocycles. The molecular weight excluding hydrogens is 242 g/mol. The number of aromatic nitrogens is 3. The van der Waals surface area contributed by atoms with Gasteiger partial charge in [0.2, 0.25) is 0 Å². The summed E-state index contributed by atoms with van der Waals surface area (Å²) in [4.78, 5) is 0. The highest BCUT2D eigenvalue weighted by atomic mass is 16.5. The van der Waals surface area contributed by atoms with Crippen molar-refractivity contribution in [1.29, 1.82) is 0 Å². The Bertz CT molecular complexity index is 549. The lowest BCUT2D eigenvalue weighted by Gasteiger charge is -2.09. The molecule has 0 aliphatic heterocycles. The van der Waals surface area contributed by atoms with E-state index in [1.807, 2.05) is 37.3 Å². The van der Waals surface area contributed by atoms with E-state index in [1.54, 1.807) is 4.68 Å². The molecule has 0 spiro atoms. The molecule has 0 aliphatic carbocycles. The van der Waals surface area contributed by atoms with E-state index < -0.39 is 0 Å². The van der Waals surface area contributed by atoms with E-state index in [0.29, 0.717) is 18.8 Å². The topological polar surface area (TPSA) is 60.2 Å². The van der Waals surface area contributed by atoms with Gasteiger partial charge in [0.05, 0.1) is 13.2 Å². The molecule has 0 unspecified atom stereocenters. The lowest BCUT2D eigenvalue weighted by Crippen LogP contribution is -2.10. The van der Waals surface area contributed by atoms with Crippen LogP contribution in [0.1, 0.15) is 18.3 Å². The zero-order valence-electron chi connectivity index (χ0n) is 10.9. The smallest absolute Gasteiger partial charge is 0.132 e. The number of para-hydroxylation sites is 1. The van der Waals surface area contributed by atoms with Gasteiger partial charge in [0.25, 0.3) is 0 Å². The number of hydrogen-bond donors (Lipinski definition) is 1. The zero-order chi connectivity index (χ0) is 13.7. The standard InChI is InChI=1S/C14H17N3O2/c1-11(2)8-17-14(13(9-18)15-16-17)10-19-12-6-4-3-5-7-12/h3-7,18H,1,8-10H2,2H3. The van der Waals surface area contributed by atoms with E-state index in [4.69, 9.17) is 4.74 Å². The molecule has 5 nitrogen and oxygen atoms in total. The molecule has 0 fully saturated rings. The fraction of sp³-hybridized carbons (Fsp3) is 0.286. The number of aliphatic hydroxyl groups excluding tert-OH is 1. The number of benzene rings is 1. The minimum atomic E-state index is -0.149. The van der Waals surface area contributed by atoms with E-state index in [0.717, 1.165) is 17.0 Å². The Morgan fingerprint density at radius 1 is 1.37 bits per heavy atom. The van der Waals surface area contributed by atoms with E-state index >= 15 is 0 Å². The first-order valence-electron chi connectivity index (χ1n) is 6.05. The molecule has 100 valence electrons. The molecule has 2 aromatic rings. The maximum atomic E-state index is 9.27. The van der Waals surface area contributed by atoms with Gasteiger partial charge in [0.1, 0.15) is 23.7 Å². The van der Waals surface area contributed by atoms with Crippen LogP contribution in [-0.4, -0.2) is 20.1 Å². The first-order chi connectivity index (χ1) is 9.20. The Morgan fingerprint density at radius 3 is 2.74 bits per heavy atom. The third-order valence-corrected chi connectivity index (χ3v) is 2.61. The minimum Gasteiger partial charge on any atom is -0.487 e. The molecule has 1 aromatic carbocycles. The van der Waals surface area contributed by atoms with Crippen LogP contribution in [0.15, 0.2) is 42.5 Å². The summed E-state index contributed by atoms with van der Waals surface area (Å²) in [6.45, 7) is 6.51. The molecule has 1 N–H and O–H groups in total. The van der Waals surface area contributed by atoms with Crippen LogP contribution < -0.4 is 4.74 Å². The van der Waals surface area contributed by atoms with Crippen molar-refractivity contribution in [3.63, 3.8) is 0 Å².